The average Bonchev–Trinajstić information content (AvgIpc) is 2.06. The van der Waals surface area contributed by atoms with Crippen LogP contribution in [0.1, 0.15) is 5.56 Å². The van der Waals surface area contributed by atoms with Gasteiger partial charge in [-0.2, -0.15) is 0 Å². The zero-order chi connectivity index (χ0) is 9.42. The van der Waals surface area contributed by atoms with Crippen LogP contribution in [0.2, 0.25) is 0 Å². The molecule has 1 aromatic rings. The SMILES string of the molecule is Nc1cc(O)c2c(c1)OCC(O)C2. The van der Waals surface area contributed by atoms with Gasteiger partial charge in [-0.05, 0) is 0 Å². The van der Waals surface area contributed by atoms with Gasteiger partial charge in [0.15, 0.2) is 0 Å². The molecule has 1 heterocycles. The van der Waals surface area contributed by atoms with Crippen molar-refractivity contribution in [3.8, 4) is 11.5 Å². The Morgan fingerprint density at radius 1 is 1.46 bits per heavy atom. The molecule has 0 fully saturated rings. The van der Waals surface area contributed by atoms with Crippen LogP contribution in [-0.2, 0) is 6.42 Å². The van der Waals surface area contributed by atoms with Gasteiger partial charge in [0.25, 0.3) is 0 Å². The number of aliphatic hydroxyl groups excluding tert-OH is 1. The third kappa shape index (κ3) is 1.40. The second kappa shape index (κ2) is 2.81. The fourth-order valence-electron chi connectivity index (χ4n) is 1.47. The number of aromatic hydroxyl groups is 1. The van der Waals surface area contributed by atoms with Crippen molar-refractivity contribution in [1.29, 1.82) is 0 Å². The van der Waals surface area contributed by atoms with E-state index < -0.39 is 6.10 Å². The fraction of sp³-hybridized carbons (Fsp3) is 0.333. The van der Waals surface area contributed by atoms with Gasteiger partial charge in [0.05, 0.1) is 6.10 Å². The van der Waals surface area contributed by atoms with Gasteiger partial charge in [-0.1, -0.05) is 0 Å². The number of hydrogen-bond acceptors (Lipinski definition) is 4. The lowest BCUT2D eigenvalue weighted by Gasteiger charge is -2.22. The minimum absolute atomic E-state index is 0.0914. The second-order valence-corrected chi connectivity index (χ2v) is 3.19. The number of rotatable bonds is 0. The number of anilines is 1. The number of phenolic OH excluding ortho intramolecular Hbond substituents is 1. The molecule has 1 aliphatic rings. The molecule has 0 amide bonds. The molecule has 0 saturated carbocycles. The molecule has 1 aromatic carbocycles. The Bertz CT molecular complexity index is 338. The number of fused-ring (bicyclic) bond motifs is 1. The maximum atomic E-state index is 9.48. The summed E-state index contributed by atoms with van der Waals surface area (Å²) in [5, 5.41) is 18.8. The van der Waals surface area contributed by atoms with Crippen molar-refractivity contribution >= 4 is 5.69 Å². The fourth-order valence-corrected chi connectivity index (χ4v) is 1.47. The number of nitrogen functional groups attached to an aromatic ring is 1. The van der Waals surface area contributed by atoms with Crippen molar-refractivity contribution in [2.45, 2.75) is 12.5 Å². The van der Waals surface area contributed by atoms with E-state index in [9.17, 15) is 10.2 Å². The number of aliphatic hydroxyl groups is 1. The summed E-state index contributed by atoms with van der Waals surface area (Å²) in [5.74, 6) is 0.663. The Balaban J connectivity index is 2.47. The Morgan fingerprint density at radius 3 is 3.00 bits per heavy atom. The van der Waals surface area contributed by atoms with Gasteiger partial charge < -0.3 is 20.7 Å². The number of nitrogens with two attached hydrogens (primary N) is 1. The lowest BCUT2D eigenvalue weighted by molar-refractivity contribution is 0.0909. The van der Waals surface area contributed by atoms with E-state index in [2.05, 4.69) is 0 Å². The Morgan fingerprint density at radius 2 is 2.23 bits per heavy atom. The molecular weight excluding hydrogens is 170 g/mol. The van der Waals surface area contributed by atoms with E-state index in [0.717, 1.165) is 0 Å². The Labute approximate surface area is 75.6 Å². The highest BCUT2D eigenvalue weighted by molar-refractivity contribution is 5.56. The van der Waals surface area contributed by atoms with Crippen molar-refractivity contribution in [3.05, 3.63) is 17.7 Å². The van der Waals surface area contributed by atoms with E-state index in [1.54, 1.807) is 6.07 Å². The first-order valence-electron chi connectivity index (χ1n) is 4.09. The van der Waals surface area contributed by atoms with Gasteiger partial charge in [-0.25, -0.2) is 0 Å². The van der Waals surface area contributed by atoms with Crippen molar-refractivity contribution in [1.82, 2.24) is 0 Å². The van der Waals surface area contributed by atoms with E-state index in [1.165, 1.54) is 6.07 Å². The maximum Gasteiger partial charge on any atom is 0.128 e. The maximum absolute atomic E-state index is 9.48. The van der Waals surface area contributed by atoms with Crippen LogP contribution in [0.3, 0.4) is 0 Å². The Kier molecular flexibility index (Phi) is 1.77. The van der Waals surface area contributed by atoms with Crippen LogP contribution < -0.4 is 10.5 Å². The molecule has 0 aliphatic carbocycles. The highest BCUT2D eigenvalue weighted by Gasteiger charge is 2.20. The molecule has 0 bridgehead atoms. The molecule has 1 aliphatic heterocycles. The smallest absolute Gasteiger partial charge is 0.128 e. The van der Waals surface area contributed by atoms with Crippen LogP contribution in [0.15, 0.2) is 12.1 Å². The van der Waals surface area contributed by atoms with Crippen LogP contribution in [0.5, 0.6) is 11.5 Å². The molecule has 2 rings (SSSR count). The third-order valence-electron chi connectivity index (χ3n) is 2.08. The number of benzene rings is 1. The van der Waals surface area contributed by atoms with Crippen molar-refractivity contribution in [2.75, 3.05) is 12.3 Å². The number of phenols is 1. The van der Waals surface area contributed by atoms with Crippen LogP contribution in [0, 0.1) is 0 Å². The van der Waals surface area contributed by atoms with Crippen LogP contribution in [0.4, 0.5) is 5.69 Å². The monoisotopic (exact) mass is 181 g/mol. The van der Waals surface area contributed by atoms with E-state index in [0.29, 0.717) is 23.4 Å². The first kappa shape index (κ1) is 8.19. The zero-order valence-corrected chi connectivity index (χ0v) is 7.03. The lowest BCUT2D eigenvalue weighted by Crippen LogP contribution is -2.25. The summed E-state index contributed by atoms with van der Waals surface area (Å²) in [6.45, 7) is 0.260. The summed E-state index contributed by atoms with van der Waals surface area (Å²) in [6, 6.07) is 3.11. The predicted octanol–water partition coefficient (Wildman–Crippen LogP) is 0.270. The van der Waals surface area contributed by atoms with Crippen LogP contribution in [0.25, 0.3) is 0 Å². The summed E-state index contributed by atoms with van der Waals surface area (Å²) in [5.41, 5.74) is 6.61. The number of ether oxygens (including phenoxy) is 1. The molecule has 1 unspecified atom stereocenters. The molecule has 1 atom stereocenters. The molecule has 4 heteroatoms. The van der Waals surface area contributed by atoms with Crippen molar-refractivity contribution in [3.63, 3.8) is 0 Å². The summed E-state index contributed by atoms with van der Waals surface area (Å²) in [4.78, 5) is 0. The second-order valence-electron chi connectivity index (χ2n) is 3.19. The molecule has 0 aromatic heterocycles. The summed E-state index contributed by atoms with van der Waals surface area (Å²) < 4.78 is 5.21. The van der Waals surface area contributed by atoms with Gasteiger partial charge in [0.2, 0.25) is 0 Å². The predicted molar refractivity (Wildman–Crippen MR) is 47.7 cm³/mol. The lowest BCUT2D eigenvalue weighted by atomic mass is 10.0. The molecule has 4 nitrogen and oxygen atoms in total. The average molecular weight is 181 g/mol. The van der Waals surface area contributed by atoms with Crippen LogP contribution in [-0.4, -0.2) is 22.9 Å². The molecule has 0 saturated heterocycles. The summed E-state index contributed by atoms with van der Waals surface area (Å²) >= 11 is 0. The molecule has 0 spiro atoms. The van der Waals surface area contributed by atoms with Gasteiger partial charge in [0.1, 0.15) is 18.1 Å². The van der Waals surface area contributed by atoms with Gasteiger partial charge in [-0.15, -0.1) is 0 Å². The topological polar surface area (TPSA) is 75.7 Å². The Hall–Kier alpha value is -1.42. The van der Waals surface area contributed by atoms with E-state index in [1.807, 2.05) is 0 Å². The summed E-state index contributed by atoms with van der Waals surface area (Å²) in [7, 11) is 0. The van der Waals surface area contributed by atoms with Gasteiger partial charge >= 0.3 is 0 Å². The van der Waals surface area contributed by atoms with Crippen LogP contribution >= 0.6 is 0 Å². The van der Waals surface area contributed by atoms with Gasteiger partial charge in [-0.3, -0.25) is 0 Å². The highest BCUT2D eigenvalue weighted by atomic mass is 16.5. The minimum atomic E-state index is -0.540. The first-order chi connectivity index (χ1) is 6.16. The zero-order valence-electron chi connectivity index (χ0n) is 7.03. The van der Waals surface area contributed by atoms with Gasteiger partial charge in [0, 0.05) is 29.8 Å². The quantitative estimate of drug-likeness (QED) is 0.502. The molecular formula is C9H11NO3. The summed E-state index contributed by atoms with van der Waals surface area (Å²) in [6.07, 6.45) is -0.122. The standard InChI is InChI=1S/C9H11NO3/c10-5-1-8(12)7-3-6(11)4-13-9(7)2-5/h1-2,6,11-12H,3-4,10H2. The largest absolute Gasteiger partial charge is 0.507 e. The van der Waals surface area contributed by atoms with E-state index in [4.69, 9.17) is 10.5 Å². The van der Waals surface area contributed by atoms with E-state index >= 15 is 0 Å². The van der Waals surface area contributed by atoms with E-state index in [-0.39, 0.29) is 12.4 Å². The molecule has 13 heavy (non-hydrogen) atoms. The minimum Gasteiger partial charge on any atom is -0.507 e. The van der Waals surface area contributed by atoms with Crippen molar-refractivity contribution < 1.29 is 14.9 Å². The number of hydrogen-bond donors (Lipinski definition) is 3. The molecule has 0 radical (unpaired) electrons. The third-order valence-corrected chi connectivity index (χ3v) is 2.08. The highest BCUT2D eigenvalue weighted by Crippen LogP contribution is 2.34. The van der Waals surface area contributed by atoms with Crippen molar-refractivity contribution in [2.24, 2.45) is 0 Å². The molecule has 4 N–H and O–H groups in total. The molecule has 70 valence electrons. The normalized spacial score (nSPS) is 20.5. The first-order valence-corrected chi connectivity index (χ1v) is 4.09.